The van der Waals surface area contributed by atoms with Gasteiger partial charge in [-0.1, -0.05) is 6.92 Å². The highest BCUT2D eigenvalue weighted by Gasteiger charge is 2.35. The summed E-state index contributed by atoms with van der Waals surface area (Å²) in [6, 6.07) is 3.75. The number of benzene rings is 1. The predicted octanol–water partition coefficient (Wildman–Crippen LogP) is 3.45. The number of carbonyl (C=O) groups excluding carboxylic acids is 1. The number of rotatable bonds is 6. The van der Waals surface area contributed by atoms with Crippen LogP contribution in [0.15, 0.2) is 29.8 Å². The molecule has 2 aromatic rings. The summed E-state index contributed by atoms with van der Waals surface area (Å²) < 4.78 is 75.6. The van der Waals surface area contributed by atoms with Crippen LogP contribution in [-0.2, 0) is 21.3 Å². The van der Waals surface area contributed by atoms with Gasteiger partial charge in [0.25, 0.3) is 5.91 Å². The standard InChI is InChI=1S/C23H31F3N4O5S2/c1-15-10-30(12-21-27-7-8-36-21)16(2)13-35-19-6-5-17(28-37(32,33)14-23(24,25)26)9-18(19)22(31)29(3)11-20(15)34-4/h5-9,15-16,20,28H,10-14H2,1-4H3/t15-,16+,20+/m0/s1. The molecule has 1 aliphatic rings. The lowest BCUT2D eigenvalue weighted by Gasteiger charge is -2.35. The highest BCUT2D eigenvalue weighted by Crippen LogP contribution is 2.28. The van der Waals surface area contributed by atoms with Crippen LogP contribution in [0.25, 0.3) is 0 Å². The number of nitrogens with one attached hydrogen (secondary N) is 1. The first kappa shape index (κ1) is 29.1. The highest BCUT2D eigenvalue weighted by molar-refractivity contribution is 7.92. The summed E-state index contributed by atoms with van der Waals surface area (Å²) in [7, 11) is -1.57. The average Bonchev–Trinajstić information content (AvgIpc) is 3.31. The summed E-state index contributed by atoms with van der Waals surface area (Å²) in [6.45, 7) is 5.73. The lowest BCUT2D eigenvalue weighted by atomic mass is 10.0. The van der Waals surface area contributed by atoms with E-state index in [0.29, 0.717) is 13.1 Å². The van der Waals surface area contributed by atoms with Crippen molar-refractivity contribution in [2.75, 3.05) is 44.3 Å². The van der Waals surface area contributed by atoms with Gasteiger partial charge in [0.05, 0.1) is 18.2 Å². The van der Waals surface area contributed by atoms with Crippen LogP contribution in [0, 0.1) is 5.92 Å². The van der Waals surface area contributed by atoms with Gasteiger partial charge >= 0.3 is 6.18 Å². The smallest absolute Gasteiger partial charge is 0.404 e. The van der Waals surface area contributed by atoms with E-state index in [1.807, 2.05) is 23.9 Å². The van der Waals surface area contributed by atoms with Gasteiger partial charge in [0.1, 0.15) is 17.4 Å². The molecular weight excluding hydrogens is 533 g/mol. The molecule has 1 aliphatic heterocycles. The normalized spacial score (nSPS) is 22.5. The van der Waals surface area contributed by atoms with Crippen molar-refractivity contribution in [1.82, 2.24) is 14.8 Å². The highest BCUT2D eigenvalue weighted by atomic mass is 32.2. The third kappa shape index (κ3) is 8.28. The largest absolute Gasteiger partial charge is 0.491 e. The maximum absolute atomic E-state index is 13.3. The molecule has 0 saturated heterocycles. The molecule has 3 rings (SSSR count). The number of likely N-dealkylation sites (N-methyl/N-ethyl adjacent to an activating group) is 1. The summed E-state index contributed by atoms with van der Waals surface area (Å²) in [4.78, 5) is 21.4. The zero-order chi connectivity index (χ0) is 27.4. The number of amides is 1. The van der Waals surface area contributed by atoms with Crippen molar-refractivity contribution in [3.63, 3.8) is 0 Å². The number of aromatic nitrogens is 1. The van der Waals surface area contributed by atoms with Crippen molar-refractivity contribution in [3.05, 3.63) is 40.3 Å². The molecule has 206 valence electrons. The van der Waals surface area contributed by atoms with Gasteiger partial charge in [-0.05, 0) is 31.0 Å². The minimum absolute atomic E-state index is 0.0245. The van der Waals surface area contributed by atoms with Crippen LogP contribution in [0.2, 0.25) is 0 Å². The summed E-state index contributed by atoms with van der Waals surface area (Å²) in [5, 5.41) is 2.86. The quantitative estimate of drug-likeness (QED) is 0.574. The Morgan fingerprint density at radius 3 is 2.62 bits per heavy atom. The van der Waals surface area contributed by atoms with Gasteiger partial charge in [0, 0.05) is 50.6 Å². The maximum Gasteiger partial charge on any atom is 0.404 e. The number of methoxy groups -OCH3 is 1. The van der Waals surface area contributed by atoms with Gasteiger partial charge in [0.2, 0.25) is 10.0 Å². The SMILES string of the molecule is CO[C@@H]1CN(C)C(=O)c2cc(NS(=O)(=O)CC(F)(F)F)ccc2OC[C@@H](C)N(Cc2nccs2)C[C@@H]1C. The van der Waals surface area contributed by atoms with E-state index in [1.165, 1.54) is 23.1 Å². The molecule has 1 N–H and O–H groups in total. The van der Waals surface area contributed by atoms with Crippen LogP contribution in [-0.4, -0.2) is 87.0 Å². The zero-order valence-corrected chi connectivity index (χ0v) is 22.6. The van der Waals surface area contributed by atoms with Crippen LogP contribution in [0.3, 0.4) is 0 Å². The Morgan fingerprint density at radius 1 is 1.27 bits per heavy atom. The molecule has 0 aliphatic carbocycles. The van der Waals surface area contributed by atoms with Gasteiger partial charge in [-0.2, -0.15) is 13.2 Å². The van der Waals surface area contributed by atoms with Gasteiger partial charge in [0.15, 0.2) is 5.75 Å². The fourth-order valence-corrected chi connectivity index (χ4v) is 5.70. The number of nitrogens with zero attached hydrogens (tertiary/aromatic N) is 3. The molecule has 9 nitrogen and oxygen atoms in total. The molecule has 1 aromatic heterocycles. The average molecular weight is 565 g/mol. The van der Waals surface area contributed by atoms with Crippen molar-refractivity contribution in [2.45, 2.75) is 38.7 Å². The van der Waals surface area contributed by atoms with E-state index >= 15 is 0 Å². The van der Waals surface area contributed by atoms with Crippen LogP contribution in [0.4, 0.5) is 18.9 Å². The number of anilines is 1. The Kier molecular flexibility index (Phi) is 9.42. The number of sulfonamides is 1. The molecule has 0 spiro atoms. The Balaban J connectivity index is 1.93. The minimum atomic E-state index is -4.91. The summed E-state index contributed by atoms with van der Waals surface area (Å²) in [5.41, 5.74) is -0.146. The van der Waals surface area contributed by atoms with Crippen molar-refractivity contribution < 1.29 is 35.9 Å². The van der Waals surface area contributed by atoms with E-state index in [9.17, 15) is 26.4 Å². The molecule has 37 heavy (non-hydrogen) atoms. The van der Waals surface area contributed by atoms with E-state index in [1.54, 1.807) is 31.7 Å². The number of hydrogen-bond acceptors (Lipinski definition) is 8. The first-order valence-electron chi connectivity index (χ1n) is 11.5. The van der Waals surface area contributed by atoms with E-state index in [-0.39, 0.29) is 48.2 Å². The number of thiazole rings is 1. The van der Waals surface area contributed by atoms with Crippen molar-refractivity contribution in [1.29, 1.82) is 0 Å². The monoisotopic (exact) mass is 564 g/mol. The Labute approximate surface area is 218 Å². The van der Waals surface area contributed by atoms with Crippen molar-refractivity contribution >= 4 is 33.0 Å². The molecule has 0 saturated carbocycles. The number of fused-ring (bicyclic) bond motifs is 1. The summed E-state index contributed by atoms with van der Waals surface area (Å²) >= 11 is 1.55. The Bertz CT molecular complexity index is 1160. The number of halogens is 3. The molecule has 0 fully saturated rings. The van der Waals surface area contributed by atoms with Gasteiger partial charge in [-0.25, -0.2) is 13.4 Å². The van der Waals surface area contributed by atoms with Crippen LogP contribution >= 0.6 is 11.3 Å². The van der Waals surface area contributed by atoms with Crippen molar-refractivity contribution in [2.24, 2.45) is 5.92 Å². The molecule has 0 bridgehead atoms. The molecule has 1 amide bonds. The lowest BCUT2D eigenvalue weighted by Crippen LogP contribution is -2.46. The third-order valence-corrected chi connectivity index (χ3v) is 8.04. The lowest BCUT2D eigenvalue weighted by molar-refractivity contribution is -0.106. The number of hydrogen-bond donors (Lipinski definition) is 1. The number of carbonyl (C=O) groups is 1. The molecule has 0 radical (unpaired) electrons. The van der Waals surface area contributed by atoms with Gasteiger partial charge in [-0.15, -0.1) is 11.3 Å². The van der Waals surface area contributed by atoms with E-state index < -0.39 is 27.9 Å². The number of alkyl halides is 3. The summed E-state index contributed by atoms with van der Waals surface area (Å²) in [6.07, 6.45) is -3.47. The van der Waals surface area contributed by atoms with Crippen molar-refractivity contribution in [3.8, 4) is 5.75 Å². The molecule has 2 heterocycles. The maximum atomic E-state index is 13.3. The zero-order valence-electron chi connectivity index (χ0n) is 21.0. The minimum Gasteiger partial charge on any atom is -0.491 e. The Morgan fingerprint density at radius 2 is 2.00 bits per heavy atom. The number of ether oxygens (including phenoxy) is 2. The first-order chi connectivity index (χ1) is 17.3. The molecule has 3 atom stereocenters. The van der Waals surface area contributed by atoms with Crippen LogP contribution in [0.1, 0.15) is 29.2 Å². The van der Waals surface area contributed by atoms with E-state index in [0.717, 1.165) is 5.01 Å². The molecule has 14 heteroatoms. The van der Waals surface area contributed by atoms with E-state index in [4.69, 9.17) is 9.47 Å². The second kappa shape index (κ2) is 12.0. The second-order valence-electron chi connectivity index (χ2n) is 9.14. The van der Waals surface area contributed by atoms with E-state index in [2.05, 4.69) is 9.88 Å². The van der Waals surface area contributed by atoms with Crippen LogP contribution < -0.4 is 9.46 Å². The molecule has 1 aromatic carbocycles. The second-order valence-corrected chi connectivity index (χ2v) is 11.8. The topological polar surface area (TPSA) is 101 Å². The van der Waals surface area contributed by atoms with Gasteiger partial charge < -0.3 is 14.4 Å². The fourth-order valence-electron chi connectivity index (χ4n) is 4.07. The first-order valence-corrected chi connectivity index (χ1v) is 14.1. The fraction of sp³-hybridized carbons (Fsp3) is 0.565. The molecule has 0 unspecified atom stereocenters. The molecular formula is C23H31F3N4O5S2. The van der Waals surface area contributed by atoms with Gasteiger partial charge in [-0.3, -0.25) is 14.4 Å². The summed E-state index contributed by atoms with van der Waals surface area (Å²) in [5.74, 6) is -2.29. The van der Waals surface area contributed by atoms with Crippen LogP contribution in [0.5, 0.6) is 5.75 Å². The Hall–Kier alpha value is -2.42. The third-order valence-electron chi connectivity index (χ3n) is 6.02. The predicted molar refractivity (Wildman–Crippen MR) is 134 cm³/mol.